The van der Waals surface area contributed by atoms with Gasteiger partial charge in [-0.15, -0.1) is 0 Å². The monoisotopic (exact) mass is 244 g/mol. The number of aromatic nitrogens is 2. The van der Waals surface area contributed by atoms with E-state index in [2.05, 4.69) is 24.0 Å². The first kappa shape index (κ1) is 12.4. The second-order valence-electron chi connectivity index (χ2n) is 4.06. The van der Waals surface area contributed by atoms with E-state index >= 15 is 0 Å². The van der Waals surface area contributed by atoms with Crippen LogP contribution in [0.2, 0.25) is 0 Å². The van der Waals surface area contributed by atoms with Crippen molar-refractivity contribution in [2.24, 2.45) is 0 Å². The summed E-state index contributed by atoms with van der Waals surface area (Å²) >= 11 is 0. The molecule has 0 atom stereocenters. The summed E-state index contributed by atoms with van der Waals surface area (Å²) in [6, 6.07) is 6.18. The fourth-order valence-corrected chi connectivity index (χ4v) is 2.02. The van der Waals surface area contributed by atoms with E-state index in [0.29, 0.717) is 5.82 Å². The molecule has 1 N–H and O–H groups in total. The van der Waals surface area contributed by atoms with Gasteiger partial charge in [0.1, 0.15) is 5.82 Å². The number of aliphatic carboxylic acids is 1. The largest absolute Gasteiger partial charge is 0.478 e. The van der Waals surface area contributed by atoms with Crippen LogP contribution in [0.5, 0.6) is 0 Å². The van der Waals surface area contributed by atoms with Crippen LogP contribution in [0.3, 0.4) is 0 Å². The van der Waals surface area contributed by atoms with Gasteiger partial charge in [-0.3, -0.25) is 0 Å². The number of benzene rings is 1. The summed E-state index contributed by atoms with van der Waals surface area (Å²) in [5.74, 6) is -0.276. The fourth-order valence-electron chi connectivity index (χ4n) is 2.02. The number of hydrogen-bond donors (Lipinski definition) is 1. The molecule has 1 aromatic carbocycles. The molecule has 0 spiro atoms. The Morgan fingerprint density at radius 3 is 2.83 bits per heavy atom. The van der Waals surface area contributed by atoms with E-state index in [1.807, 2.05) is 17.6 Å². The molecular formula is C14H16N2O2. The van der Waals surface area contributed by atoms with Crippen LogP contribution in [0.4, 0.5) is 0 Å². The Labute approximate surface area is 106 Å². The molecule has 0 aliphatic rings. The van der Waals surface area contributed by atoms with Gasteiger partial charge in [0.15, 0.2) is 0 Å². The van der Waals surface area contributed by atoms with Crippen molar-refractivity contribution in [1.82, 2.24) is 9.55 Å². The van der Waals surface area contributed by atoms with Gasteiger partial charge in [0.25, 0.3) is 0 Å². The maximum absolute atomic E-state index is 10.6. The molecule has 0 amide bonds. The number of fused-ring (bicyclic) bond motifs is 1. The normalized spacial score (nSPS) is 11.4. The molecule has 94 valence electrons. The highest BCUT2D eigenvalue weighted by molar-refractivity contribution is 5.86. The van der Waals surface area contributed by atoms with Crippen LogP contribution in [0.1, 0.15) is 25.2 Å². The zero-order valence-corrected chi connectivity index (χ0v) is 10.6. The summed E-state index contributed by atoms with van der Waals surface area (Å²) in [5.41, 5.74) is 3.19. The number of carboxylic acid groups (broad SMARTS) is 1. The molecule has 0 radical (unpaired) electrons. The Balaban J connectivity index is 2.56. The lowest BCUT2D eigenvalue weighted by molar-refractivity contribution is -0.131. The molecular weight excluding hydrogens is 228 g/mol. The van der Waals surface area contributed by atoms with Crippen LogP contribution in [-0.4, -0.2) is 20.6 Å². The van der Waals surface area contributed by atoms with Crippen molar-refractivity contribution in [2.45, 2.75) is 26.8 Å². The SMILES string of the molecule is CCc1ccc2c(c1)nc(/C=C/C(=O)O)n2CC. The minimum atomic E-state index is -0.959. The minimum Gasteiger partial charge on any atom is -0.478 e. The Morgan fingerprint density at radius 1 is 1.44 bits per heavy atom. The maximum Gasteiger partial charge on any atom is 0.328 e. The summed E-state index contributed by atoms with van der Waals surface area (Å²) in [4.78, 5) is 15.0. The second kappa shape index (κ2) is 5.04. The lowest BCUT2D eigenvalue weighted by Gasteiger charge is -2.02. The van der Waals surface area contributed by atoms with Gasteiger partial charge in [0.2, 0.25) is 0 Å². The molecule has 0 saturated carbocycles. The highest BCUT2D eigenvalue weighted by Gasteiger charge is 2.07. The number of carboxylic acids is 1. The van der Waals surface area contributed by atoms with Crippen LogP contribution in [-0.2, 0) is 17.8 Å². The van der Waals surface area contributed by atoms with E-state index in [4.69, 9.17) is 5.11 Å². The van der Waals surface area contributed by atoms with E-state index < -0.39 is 5.97 Å². The lowest BCUT2D eigenvalue weighted by atomic mass is 10.1. The molecule has 0 saturated heterocycles. The molecule has 0 aliphatic carbocycles. The third-order valence-electron chi connectivity index (χ3n) is 2.94. The molecule has 0 fully saturated rings. The third-order valence-corrected chi connectivity index (χ3v) is 2.94. The van der Waals surface area contributed by atoms with Crippen molar-refractivity contribution in [1.29, 1.82) is 0 Å². The van der Waals surface area contributed by atoms with Gasteiger partial charge in [-0.25, -0.2) is 9.78 Å². The average Bonchev–Trinajstić information content (AvgIpc) is 2.72. The summed E-state index contributed by atoms with van der Waals surface area (Å²) in [7, 11) is 0. The third kappa shape index (κ3) is 2.27. The fraction of sp³-hybridized carbons (Fsp3) is 0.286. The Hall–Kier alpha value is -2.10. The topological polar surface area (TPSA) is 55.1 Å². The molecule has 4 nitrogen and oxygen atoms in total. The molecule has 2 rings (SSSR count). The highest BCUT2D eigenvalue weighted by atomic mass is 16.4. The average molecular weight is 244 g/mol. The number of imidazole rings is 1. The van der Waals surface area contributed by atoms with Crippen molar-refractivity contribution in [3.05, 3.63) is 35.7 Å². The summed E-state index contributed by atoms with van der Waals surface area (Å²) in [6.07, 6.45) is 3.63. The predicted octanol–water partition coefficient (Wildman–Crippen LogP) is 2.72. The number of nitrogens with zero attached hydrogens (tertiary/aromatic N) is 2. The second-order valence-corrected chi connectivity index (χ2v) is 4.06. The number of hydrogen-bond acceptors (Lipinski definition) is 2. The van der Waals surface area contributed by atoms with Crippen LogP contribution in [0.15, 0.2) is 24.3 Å². The van der Waals surface area contributed by atoms with Crippen molar-refractivity contribution >= 4 is 23.1 Å². The van der Waals surface area contributed by atoms with E-state index in [1.165, 1.54) is 11.6 Å². The Morgan fingerprint density at radius 2 is 2.22 bits per heavy atom. The zero-order chi connectivity index (χ0) is 13.1. The lowest BCUT2D eigenvalue weighted by Crippen LogP contribution is -1.97. The molecule has 0 unspecified atom stereocenters. The molecule has 1 aromatic heterocycles. The van der Waals surface area contributed by atoms with Gasteiger partial charge in [0.05, 0.1) is 11.0 Å². The Bertz CT molecular complexity index is 612. The molecule has 0 aliphatic heterocycles. The van der Waals surface area contributed by atoms with E-state index in [9.17, 15) is 4.79 Å². The number of rotatable bonds is 4. The van der Waals surface area contributed by atoms with Crippen LogP contribution >= 0.6 is 0 Å². The quantitative estimate of drug-likeness (QED) is 0.841. The summed E-state index contributed by atoms with van der Waals surface area (Å²) in [5, 5.41) is 8.67. The van der Waals surface area contributed by atoms with Gasteiger partial charge in [-0.05, 0) is 37.1 Å². The first-order valence-electron chi connectivity index (χ1n) is 6.05. The Kier molecular flexibility index (Phi) is 3.46. The van der Waals surface area contributed by atoms with Crippen LogP contribution < -0.4 is 0 Å². The molecule has 2 aromatic rings. The van der Waals surface area contributed by atoms with Gasteiger partial charge < -0.3 is 9.67 Å². The molecule has 4 heteroatoms. The van der Waals surface area contributed by atoms with Crippen molar-refractivity contribution in [2.75, 3.05) is 0 Å². The molecule has 0 bridgehead atoms. The van der Waals surface area contributed by atoms with Gasteiger partial charge in [-0.1, -0.05) is 13.0 Å². The van der Waals surface area contributed by atoms with Crippen LogP contribution in [0.25, 0.3) is 17.1 Å². The smallest absolute Gasteiger partial charge is 0.328 e. The van der Waals surface area contributed by atoms with E-state index in [-0.39, 0.29) is 0 Å². The zero-order valence-electron chi connectivity index (χ0n) is 10.6. The van der Waals surface area contributed by atoms with Crippen LogP contribution in [0, 0.1) is 0 Å². The van der Waals surface area contributed by atoms with Gasteiger partial charge in [-0.2, -0.15) is 0 Å². The number of carbonyl (C=O) groups is 1. The summed E-state index contributed by atoms with van der Waals surface area (Å²) < 4.78 is 2.01. The van der Waals surface area contributed by atoms with E-state index in [1.54, 1.807) is 0 Å². The summed E-state index contributed by atoms with van der Waals surface area (Å²) in [6.45, 7) is 4.89. The first-order valence-corrected chi connectivity index (χ1v) is 6.05. The predicted molar refractivity (Wildman–Crippen MR) is 71.5 cm³/mol. The maximum atomic E-state index is 10.6. The first-order chi connectivity index (χ1) is 8.65. The highest BCUT2D eigenvalue weighted by Crippen LogP contribution is 2.19. The van der Waals surface area contributed by atoms with Crippen molar-refractivity contribution in [3.63, 3.8) is 0 Å². The molecule has 18 heavy (non-hydrogen) atoms. The van der Waals surface area contributed by atoms with E-state index in [0.717, 1.165) is 30.1 Å². The standard InChI is InChI=1S/C14H16N2O2/c1-3-10-5-6-12-11(9-10)15-13(16(12)4-2)7-8-14(17)18/h5-9H,3-4H2,1-2H3,(H,17,18)/b8-7+. The van der Waals surface area contributed by atoms with Gasteiger partial charge >= 0.3 is 5.97 Å². The minimum absolute atomic E-state index is 0.683. The van der Waals surface area contributed by atoms with Crippen molar-refractivity contribution < 1.29 is 9.90 Å². The van der Waals surface area contributed by atoms with Gasteiger partial charge in [0, 0.05) is 12.6 Å². The number of aryl methyl sites for hydroxylation is 2. The van der Waals surface area contributed by atoms with Crippen molar-refractivity contribution in [3.8, 4) is 0 Å². The molecule has 1 heterocycles.